The maximum absolute atomic E-state index is 12.4. The molecule has 3 aromatic rings. The zero-order chi connectivity index (χ0) is 18.5. The van der Waals surface area contributed by atoms with Crippen LogP contribution in [0.1, 0.15) is 27.2 Å². The summed E-state index contributed by atoms with van der Waals surface area (Å²) in [5.41, 5.74) is 4.49. The summed E-state index contributed by atoms with van der Waals surface area (Å²) in [6.07, 6.45) is 2.92. The van der Waals surface area contributed by atoms with Crippen molar-refractivity contribution < 1.29 is 4.79 Å². The third-order valence-corrected chi connectivity index (χ3v) is 4.02. The molecular formula is C20H17N5O. The van der Waals surface area contributed by atoms with E-state index in [1.165, 1.54) is 12.4 Å². The van der Waals surface area contributed by atoms with Gasteiger partial charge in [-0.25, -0.2) is 9.97 Å². The fourth-order valence-corrected chi connectivity index (χ4v) is 2.36. The van der Waals surface area contributed by atoms with Gasteiger partial charge in [0.15, 0.2) is 0 Å². The molecule has 0 saturated carbocycles. The molecule has 1 amide bonds. The van der Waals surface area contributed by atoms with Crippen LogP contribution in [0.5, 0.6) is 0 Å². The van der Waals surface area contributed by atoms with Crippen molar-refractivity contribution in [3.8, 4) is 6.07 Å². The smallest absolute Gasteiger partial charge is 0.275 e. The van der Waals surface area contributed by atoms with Crippen molar-refractivity contribution >= 4 is 23.1 Å². The van der Waals surface area contributed by atoms with Gasteiger partial charge in [0.1, 0.15) is 11.5 Å². The van der Waals surface area contributed by atoms with Crippen molar-refractivity contribution in [1.29, 1.82) is 5.26 Å². The maximum Gasteiger partial charge on any atom is 0.275 e. The number of amides is 1. The second-order valence-electron chi connectivity index (χ2n) is 5.80. The van der Waals surface area contributed by atoms with E-state index in [1.807, 2.05) is 32.0 Å². The SMILES string of the molecule is Cc1cccc(NC(=O)c2cnc(Nc3ccc(C#N)cc3)cn2)c1C. The lowest BCUT2D eigenvalue weighted by molar-refractivity contribution is 0.102. The van der Waals surface area contributed by atoms with E-state index >= 15 is 0 Å². The Hall–Kier alpha value is -3.72. The topological polar surface area (TPSA) is 90.7 Å². The summed E-state index contributed by atoms with van der Waals surface area (Å²) in [7, 11) is 0. The van der Waals surface area contributed by atoms with Crippen LogP contribution in [0.4, 0.5) is 17.2 Å². The van der Waals surface area contributed by atoms with Gasteiger partial charge in [0.05, 0.1) is 24.0 Å². The highest BCUT2D eigenvalue weighted by Gasteiger charge is 2.10. The lowest BCUT2D eigenvalue weighted by Gasteiger charge is -2.10. The van der Waals surface area contributed by atoms with Gasteiger partial charge in [-0.15, -0.1) is 0 Å². The number of carbonyl (C=O) groups excluding carboxylic acids is 1. The van der Waals surface area contributed by atoms with Gasteiger partial charge in [-0.3, -0.25) is 4.79 Å². The average Bonchev–Trinajstić information content (AvgIpc) is 2.66. The second kappa shape index (κ2) is 7.45. The van der Waals surface area contributed by atoms with Crippen molar-refractivity contribution in [3.63, 3.8) is 0 Å². The Balaban J connectivity index is 1.69. The Labute approximate surface area is 151 Å². The van der Waals surface area contributed by atoms with Gasteiger partial charge in [0.2, 0.25) is 0 Å². The molecule has 0 fully saturated rings. The van der Waals surface area contributed by atoms with Gasteiger partial charge < -0.3 is 10.6 Å². The molecule has 6 nitrogen and oxygen atoms in total. The van der Waals surface area contributed by atoms with Crippen LogP contribution in [0.2, 0.25) is 0 Å². The van der Waals surface area contributed by atoms with Gasteiger partial charge in [0, 0.05) is 11.4 Å². The molecule has 0 aliphatic heterocycles. The third kappa shape index (κ3) is 3.84. The molecule has 0 unspecified atom stereocenters. The predicted molar refractivity (Wildman–Crippen MR) is 100 cm³/mol. The van der Waals surface area contributed by atoms with E-state index in [-0.39, 0.29) is 11.6 Å². The molecule has 2 aromatic carbocycles. The monoisotopic (exact) mass is 343 g/mol. The van der Waals surface area contributed by atoms with Crippen molar-refractivity contribution in [2.75, 3.05) is 10.6 Å². The molecule has 6 heteroatoms. The minimum Gasteiger partial charge on any atom is -0.339 e. The first kappa shape index (κ1) is 17.1. The van der Waals surface area contributed by atoms with Crippen LogP contribution in [-0.4, -0.2) is 15.9 Å². The summed E-state index contributed by atoms with van der Waals surface area (Å²) < 4.78 is 0. The highest BCUT2D eigenvalue weighted by atomic mass is 16.1. The standard InChI is InChI=1S/C20H17N5O/c1-13-4-3-5-17(14(13)2)25-20(26)18-11-23-19(12-22-18)24-16-8-6-15(10-21)7-9-16/h3-9,11-12H,1-2H3,(H,23,24)(H,25,26). The molecule has 1 aromatic heterocycles. The fraction of sp³-hybridized carbons (Fsp3) is 0.100. The average molecular weight is 343 g/mol. The third-order valence-electron chi connectivity index (χ3n) is 4.02. The molecular weight excluding hydrogens is 326 g/mol. The highest BCUT2D eigenvalue weighted by molar-refractivity contribution is 6.03. The quantitative estimate of drug-likeness (QED) is 0.748. The van der Waals surface area contributed by atoms with Crippen LogP contribution in [-0.2, 0) is 0 Å². The number of nitrogens with zero attached hydrogens (tertiary/aromatic N) is 3. The fourth-order valence-electron chi connectivity index (χ4n) is 2.36. The number of benzene rings is 2. The van der Waals surface area contributed by atoms with Crippen LogP contribution in [0, 0.1) is 25.2 Å². The molecule has 0 saturated heterocycles. The largest absolute Gasteiger partial charge is 0.339 e. The zero-order valence-corrected chi connectivity index (χ0v) is 14.4. The van der Waals surface area contributed by atoms with Crippen molar-refractivity contribution in [2.45, 2.75) is 13.8 Å². The van der Waals surface area contributed by atoms with E-state index in [9.17, 15) is 4.79 Å². The molecule has 0 aliphatic rings. The number of hydrogen-bond acceptors (Lipinski definition) is 5. The number of rotatable bonds is 4. The molecule has 2 N–H and O–H groups in total. The van der Waals surface area contributed by atoms with E-state index in [0.29, 0.717) is 11.4 Å². The van der Waals surface area contributed by atoms with E-state index in [2.05, 4.69) is 26.7 Å². The molecule has 0 spiro atoms. The first-order chi connectivity index (χ1) is 12.6. The Morgan fingerprint density at radius 2 is 1.81 bits per heavy atom. The summed E-state index contributed by atoms with van der Waals surface area (Å²) in [4.78, 5) is 20.7. The summed E-state index contributed by atoms with van der Waals surface area (Å²) in [5.74, 6) is 0.203. The first-order valence-electron chi connectivity index (χ1n) is 8.03. The molecule has 0 radical (unpaired) electrons. The molecule has 26 heavy (non-hydrogen) atoms. The van der Waals surface area contributed by atoms with Crippen LogP contribution in [0.3, 0.4) is 0 Å². The Bertz CT molecular complexity index is 973. The summed E-state index contributed by atoms with van der Waals surface area (Å²) in [6.45, 7) is 3.95. The number of hydrogen-bond donors (Lipinski definition) is 2. The number of anilines is 3. The minimum absolute atomic E-state index is 0.233. The molecule has 0 atom stereocenters. The molecule has 3 rings (SSSR count). The minimum atomic E-state index is -0.309. The van der Waals surface area contributed by atoms with Crippen LogP contribution >= 0.6 is 0 Å². The normalized spacial score (nSPS) is 10.0. The van der Waals surface area contributed by atoms with Crippen molar-refractivity contribution in [2.24, 2.45) is 0 Å². The summed E-state index contributed by atoms with van der Waals surface area (Å²) >= 11 is 0. The zero-order valence-electron chi connectivity index (χ0n) is 14.4. The van der Waals surface area contributed by atoms with Crippen LogP contribution in [0.15, 0.2) is 54.9 Å². The summed E-state index contributed by atoms with van der Waals surface area (Å²) in [5, 5.41) is 14.7. The van der Waals surface area contributed by atoms with E-state index < -0.39 is 0 Å². The van der Waals surface area contributed by atoms with E-state index in [0.717, 1.165) is 22.5 Å². The number of aryl methyl sites for hydroxylation is 1. The number of carbonyl (C=O) groups is 1. The molecule has 0 bridgehead atoms. The lowest BCUT2D eigenvalue weighted by atomic mass is 10.1. The molecule has 0 aliphatic carbocycles. The van der Waals surface area contributed by atoms with E-state index in [4.69, 9.17) is 5.26 Å². The first-order valence-corrected chi connectivity index (χ1v) is 8.03. The van der Waals surface area contributed by atoms with Crippen LogP contribution in [0.25, 0.3) is 0 Å². The number of aromatic nitrogens is 2. The van der Waals surface area contributed by atoms with Gasteiger partial charge in [-0.2, -0.15) is 5.26 Å². The second-order valence-corrected chi connectivity index (χ2v) is 5.80. The van der Waals surface area contributed by atoms with Gasteiger partial charge in [0.25, 0.3) is 5.91 Å². The maximum atomic E-state index is 12.4. The molecule has 128 valence electrons. The van der Waals surface area contributed by atoms with Gasteiger partial charge >= 0.3 is 0 Å². The van der Waals surface area contributed by atoms with Crippen LogP contribution < -0.4 is 10.6 Å². The van der Waals surface area contributed by atoms with Crippen molar-refractivity contribution in [3.05, 3.63) is 77.2 Å². The summed E-state index contributed by atoms with van der Waals surface area (Å²) in [6, 6.07) is 14.8. The Morgan fingerprint density at radius 3 is 2.46 bits per heavy atom. The van der Waals surface area contributed by atoms with Gasteiger partial charge in [-0.1, -0.05) is 12.1 Å². The number of nitrogens with one attached hydrogen (secondary N) is 2. The van der Waals surface area contributed by atoms with E-state index in [1.54, 1.807) is 24.3 Å². The number of nitriles is 1. The van der Waals surface area contributed by atoms with Gasteiger partial charge in [-0.05, 0) is 55.3 Å². The Kier molecular flexibility index (Phi) is 4.90. The Morgan fingerprint density at radius 1 is 1.04 bits per heavy atom. The molecule has 1 heterocycles. The highest BCUT2D eigenvalue weighted by Crippen LogP contribution is 2.19. The lowest BCUT2D eigenvalue weighted by Crippen LogP contribution is -2.15. The predicted octanol–water partition coefficient (Wildman–Crippen LogP) is 3.96. The van der Waals surface area contributed by atoms with Crippen molar-refractivity contribution in [1.82, 2.24) is 9.97 Å².